The van der Waals surface area contributed by atoms with Gasteiger partial charge in [0.25, 0.3) is 5.91 Å². The van der Waals surface area contributed by atoms with Crippen molar-refractivity contribution in [3.8, 4) is 0 Å². The van der Waals surface area contributed by atoms with Crippen LogP contribution in [0.1, 0.15) is 23.7 Å². The van der Waals surface area contributed by atoms with Crippen LogP contribution >= 0.6 is 11.6 Å². The highest BCUT2D eigenvalue weighted by atomic mass is 35.5. The predicted molar refractivity (Wildman–Crippen MR) is 74.7 cm³/mol. The Hall–Kier alpha value is -1.33. The molecule has 1 aliphatic rings. The highest BCUT2D eigenvalue weighted by Crippen LogP contribution is 2.20. The molecular weight excluding hydrogens is 266 g/mol. The maximum atomic E-state index is 12.5. The standard InChI is InChI=1S/C13H18ClN3O2/c1-9-8-17(4-3-5-19-9)13(18)10-6-12(15-2)16-7-11(10)14/h6-7,9H,3-5,8H2,1-2H3,(H,15,16). The normalized spacial score (nSPS) is 19.9. The van der Waals surface area contributed by atoms with E-state index in [4.69, 9.17) is 16.3 Å². The van der Waals surface area contributed by atoms with E-state index in [2.05, 4.69) is 10.3 Å². The molecule has 1 atom stereocenters. The zero-order valence-electron chi connectivity index (χ0n) is 11.1. The van der Waals surface area contributed by atoms with E-state index < -0.39 is 0 Å². The summed E-state index contributed by atoms with van der Waals surface area (Å²) in [5, 5.41) is 3.28. The molecule has 0 spiro atoms. The summed E-state index contributed by atoms with van der Waals surface area (Å²) in [4.78, 5) is 18.4. The van der Waals surface area contributed by atoms with E-state index in [9.17, 15) is 4.79 Å². The molecule has 5 nitrogen and oxygen atoms in total. The molecule has 104 valence electrons. The van der Waals surface area contributed by atoms with Gasteiger partial charge < -0.3 is 15.0 Å². The summed E-state index contributed by atoms with van der Waals surface area (Å²) in [6.45, 7) is 3.94. The third-order valence-corrected chi connectivity index (χ3v) is 3.38. The number of amides is 1. The molecule has 0 bridgehead atoms. The van der Waals surface area contributed by atoms with E-state index in [1.54, 1.807) is 18.0 Å². The van der Waals surface area contributed by atoms with E-state index in [1.165, 1.54) is 6.20 Å². The van der Waals surface area contributed by atoms with Gasteiger partial charge in [-0.1, -0.05) is 11.6 Å². The molecule has 0 aromatic carbocycles. The van der Waals surface area contributed by atoms with Crippen LogP contribution < -0.4 is 5.32 Å². The second kappa shape index (κ2) is 6.21. The zero-order valence-corrected chi connectivity index (χ0v) is 11.9. The number of hydrogen-bond donors (Lipinski definition) is 1. The molecule has 1 aromatic heterocycles. The smallest absolute Gasteiger partial charge is 0.255 e. The van der Waals surface area contributed by atoms with Crippen molar-refractivity contribution in [1.29, 1.82) is 0 Å². The number of pyridine rings is 1. The molecule has 1 N–H and O–H groups in total. The molecule has 2 heterocycles. The predicted octanol–water partition coefficient (Wildman–Crippen LogP) is 2.03. The summed E-state index contributed by atoms with van der Waals surface area (Å²) >= 11 is 6.08. The lowest BCUT2D eigenvalue weighted by Gasteiger charge is -2.22. The van der Waals surface area contributed by atoms with Gasteiger partial charge in [-0.2, -0.15) is 0 Å². The van der Waals surface area contributed by atoms with Crippen molar-refractivity contribution in [3.63, 3.8) is 0 Å². The summed E-state index contributed by atoms with van der Waals surface area (Å²) in [5.41, 5.74) is 0.482. The minimum atomic E-state index is -0.0683. The monoisotopic (exact) mass is 283 g/mol. The maximum Gasteiger partial charge on any atom is 0.255 e. The van der Waals surface area contributed by atoms with E-state index in [0.717, 1.165) is 6.42 Å². The number of carbonyl (C=O) groups excluding carboxylic acids is 1. The highest BCUT2D eigenvalue weighted by molar-refractivity contribution is 6.33. The fourth-order valence-corrected chi connectivity index (χ4v) is 2.27. The first kappa shape index (κ1) is 14.1. The van der Waals surface area contributed by atoms with Gasteiger partial charge in [-0.15, -0.1) is 0 Å². The van der Waals surface area contributed by atoms with Gasteiger partial charge in [0.15, 0.2) is 0 Å². The maximum absolute atomic E-state index is 12.5. The summed E-state index contributed by atoms with van der Waals surface area (Å²) in [7, 11) is 1.76. The van der Waals surface area contributed by atoms with Crippen LogP contribution in [0.5, 0.6) is 0 Å². The van der Waals surface area contributed by atoms with Crippen LogP contribution in [-0.2, 0) is 4.74 Å². The number of hydrogen-bond acceptors (Lipinski definition) is 4. The molecule has 1 fully saturated rings. The lowest BCUT2D eigenvalue weighted by atomic mass is 10.2. The van der Waals surface area contributed by atoms with Crippen LogP contribution in [0.25, 0.3) is 0 Å². The molecular formula is C13H18ClN3O2. The minimum Gasteiger partial charge on any atom is -0.377 e. The van der Waals surface area contributed by atoms with Crippen molar-refractivity contribution in [2.45, 2.75) is 19.4 Å². The average Bonchev–Trinajstić information content (AvgIpc) is 2.63. The Morgan fingerprint density at radius 3 is 3.16 bits per heavy atom. The van der Waals surface area contributed by atoms with Crippen molar-refractivity contribution >= 4 is 23.3 Å². The third kappa shape index (κ3) is 3.36. The van der Waals surface area contributed by atoms with Crippen LogP contribution in [0.15, 0.2) is 12.3 Å². The molecule has 0 radical (unpaired) electrons. The van der Waals surface area contributed by atoms with Gasteiger partial charge in [0.1, 0.15) is 5.82 Å². The number of nitrogens with zero attached hydrogens (tertiary/aromatic N) is 2. The fourth-order valence-electron chi connectivity index (χ4n) is 2.09. The molecule has 2 rings (SSSR count). The van der Waals surface area contributed by atoms with Gasteiger partial charge in [0, 0.05) is 32.9 Å². The Morgan fingerprint density at radius 1 is 1.63 bits per heavy atom. The van der Waals surface area contributed by atoms with Crippen molar-refractivity contribution in [2.24, 2.45) is 0 Å². The van der Waals surface area contributed by atoms with Crippen LogP contribution in [-0.4, -0.2) is 48.6 Å². The average molecular weight is 284 g/mol. The summed E-state index contributed by atoms with van der Waals surface area (Å²) in [6.07, 6.45) is 2.39. The van der Waals surface area contributed by atoms with Crippen LogP contribution in [0, 0.1) is 0 Å². The molecule has 1 amide bonds. The van der Waals surface area contributed by atoms with E-state index in [0.29, 0.717) is 36.1 Å². The summed E-state index contributed by atoms with van der Waals surface area (Å²) in [5.74, 6) is 0.563. The van der Waals surface area contributed by atoms with Crippen molar-refractivity contribution in [3.05, 3.63) is 22.8 Å². The number of ether oxygens (including phenoxy) is 1. The van der Waals surface area contributed by atoms with Crippen LogP contribution in [0.2, 0.25) is 5.02 Å². The quantitative estimate of drug-likeness (QED) is 0.902. The second-order valence-corrected chi connectivity index (χ2v) is 4.99. The van der Waals surface area contributed by atoms with E-state index >= 15 is 0 Å². The Bertz CT molecular complexity index is 467. The van der Waals surface area contributed by atoms with Crippen molar-refractivity contribution in [2.75, 3.05) is 32.1 Å². The molecule has 1 aliphatic heterocycles. The minimum absolute atomic E-state index is 0.0517. The highest BCUT2D eigenvalue weighted by Gasteiger charge is 2.23. The number of carbonyl (C=O) groups is 1. The zero-order chi connectivity index (χ0) is 13.8. The first-order valence-electron chi connectivity index (χ1n) is 6.36. The van der Waals surface area contributed by atoms with Crippen LogP contribution in [0.4, 0.5) is 5.82 Å². The van der Waals surface area contributed by atoms with Gasteiger partial charge in [0.05, 0.1) is 16.7 Å². The molecule has 0 saturated carbocycles. The lowest BCUT2D eigenvalue weighted by Crippen LogP contribution is -2.36. The number of nitrogens with one attached hydrogen (secondary N) is 1. The summed E-state index contributed by atoms with van der Waals surface area (Å²) < 4.78 is 5.54. The molecule has 1 aromatic rings. The first-order chi connectivity index (χ1) is 9.11. The SMILES string of the molecule is CNc1cc(C(=O)N2CCCOC(C)C2)c(Cl)cn1. The number of aromatic nitrogens is 1. The molecule has 6 heteroatoms. The van der Waals surface area contributed by atoms with Gasteiger partial charge in [0.2, 0.25) is 0 Å². The van der Waals surface area contributed by atoms with Crippen molar-refractivity contribution in [1.82, 2.24) is 9.88 Å². The Balaban J connectivity index is 2.22. The number of rotatable bonds is 2. The molecule has 19 heavy (non-hydrogen) atoms. The Labute approximate surface area is 117 Å². The molecule has 1 unspecified atom stereocenters. The van der Waals surface area contributed by atoms with Crippen LogP contribution in [0.3, 0.4) is 0 Å². The number of halogens is 1. The first-order valence-corrected chi connectivity index (χ1v) is 6.73. The fraction of sp³-hybridized carbons (Fsp3) is 0.538. The van der Waals surface area contributed by atoms with Gasteiger partial charge in [-0.25, -0.2) is 4.98 Å². The Kier molecular flexibility index (Phi) is 4.61. The van der Waals surface area contributed by atoms with Crippen molar-refractivity contribution < 1.29 is 9.53 Å². The third-order valence-electron chi connectivity index (χ3n) is 3.08. The summed E-state index contributed by atoms with van der Waals surface area (Å²) in [6, 6.07) is 1.68. The lowest BCUT2D eigenvalue weighted by molar-refractivity contribution is 0.0563. The van der Waals surface area contributed by atoms with E-state index in [1.807, 2.05) is 6.92 Å². The largest absolute Gasteiger partial charge is 0.377 e. The van der Waals surface area contributed by atoms with Gasteiger partial charge >= 0.3 is 0 Å². The molecule has 0 aliphatic carbocycles. The Morgan fingerprint density at radius 2 is 2.42 bits per heavy atom. The van der Waals surface area contributed by atoms with E-state index in [-0.39, 0.29) is 12.0 Å². The molecule has 1 saturated heterocycles. The second-order valence-electron chi connectivity index (χ2n) is 4.59. The number of anilines is 1. The van der Waals surface area contributed by atoms with Gasteiger partial charge in [-0.05, 0) is 19.4 Å². The topological polar surface area (TPSA) is 54.5 Å². The van der Waals surface area contributed by atoms with Gasteiger partial charge in [-0.3, -0.25) is 4.79 Å².